The molecule has 0 aliphatic carbocycles. The molecule has 2 aromatic rings. The lowest BCUT2D eigenvalue weighted by molar-refractivity contribution is -0.387. The second kappa shape index (κ2) is 7.00. The average molecular weight is 348 g/mol. The molecule has 0 saturated heterocycles. The van der Waals surface area contributed by atoms with Gasteiger partial charge in [0.1, 0.15) is 4.90 Å². The van der Waals surface area contributed by atoms with Gasteiger partial charge in [-0.2, -0.15) is 0 Å². The molecule has 0 heterocycles. The van der Waals surface area contributed by atoms with Crippen molar-refractivity contribution in [2.45, 2.75) is 30.7 Å². The van der Waals surface area contributed by atoms with Crippen molar-refractivity contribution in [3.05, 3.63) is 64.2 Å². The Kier molecular flexibility index (Phi) is 5.23. The lowest BCUT2D eigenvalue weighted by atomic mass is 9.94. The maximum Gasteiger partial charge on any atom is 0.288 e. The Morgan fingerprint density at radius 2 is 1.71 bits per heavy atom. The number of hydrogen-bond donors (Lipinski definition) is 1. The molecule has 2 unspecified atom stereocenters. The molecule has 0 aromatic heterocycles. The first-order valence-corrected chi connectivity index (χ1v) is 9.39. The monoisotopic (exact) mass is 348 g/mol. The zero-order valence-electron chi connectivity index (χ0n) is 13.8. The van der Waals surface area contributed by atoms with Gasteiger partial charge in [0.25, 0.3) is 5.69 Å². The number of nitrogens with zero attached hydrogens (tertiary/aromatic N) is 1. The zero-order valence-corrected chi connectivity index (χ0v) is 14.6. The van der Waals surface area contributed by atoms with Crippen LogP contribution in [0.2, 0.25) is 0 Å². The van der Waals surface area contributed by atoms with Crippen LogP contribution in [0.5, 0.6) is 0 Å². The van der Waals surface area contributed by atoms with Crippen molar-refractivity contribution in [3.8, 4) is 0 Å². The third-order valence-corrected chi connectivity index (χ3v) is 5.15. The normalized spacial score (nSPS) is 14.0. The molecule has 0 amide bonds. The van der Waals surface area contributed by atoms with Gasteiger partial charge < -0.3 is 5.32 Å². The molecule has 0 saturated carbocycles. The van der Waals surface area contributed by atoms with E-state index in [2.05, 4.69) is 12.2 Å². The Morgan fingerprint density at radius 3 is 2.25 bits per heavy atom. The molecule has 1 N–H and O–H groups in total. The van der Waals surface area contributed by atoms with Crippen LogP contribution in [0.1, 0.15) is 25.3 Å². The summed E-state index contributed by atoms with van der Waals surface area (Å²) in [6, 6.07) is 14.0. The van der Waals surface area contributed by atoms with E-state index in [1.54, 1.807) is 0 Å². The van der Waals surface area contributed by atoms with Crippen LogP contribution in [0.25, 0.3) is 0 Å². The summed E-state index contributed by atoms with van der Waals surface area (Å²) >= 11 is 0. The number of hydrogen-bond acceptors (Lipinski definition) is 5. The molecular weight excluding hydrogens is 328 g/mol. The van der Waals surface area contributed by atoms with Crippen molar-refractivity contribution in [3.63, 3.8) is 0 Å². The molecule has 0 spiro atoms. The van der Waals surface area contributed by atoms with Crippen molar-refractivity contribution in [2.75, 3.05) is 11.6 Å². The highest BCUT2D eigenvalue weighted by Crippen LogP contribution is 2.29. The molecule has 2 rings (SSSR count). The molecule has 2 atom stereocenters. The lowest BCUT2D eigenvalue weighted by Gasteiger charge is -2.23. The van der Waals surface area contributed by atoms with Gasteiger partial charge in [-0.05, 0) is 24.6 Å². The second-order valence-corrected chi connectivity index (χ2v) is 7.83. The summed E-state index contributed by atoms with van der Waals surface area (Å²) in [6.07, 6.45) is 0.967. The zero-order chi connectivity index (χ0) is 17.9. The molecule has 0 fully saturated rings. The Morgan fingerprint density at radius 1 is 1.08 bits per heavy atom. The maximum absolute atomic E-state index is 11.8. The minimum atomic E-state index is -3.69. The molecular formula is C17H20N2O4S. The molecule has 24 heavy (non-hydrogen) atoms. The first kappa shape index (κ1) is 17.9. The molecule has 0 bridgehead atoms. The van der Waals surface area contributed by atoms with E-state index < -0.39 is 20.4 Å². The van der Waals surface area contributed by atoms with Crippen LogP contribution in [-0.2, 0) is 9.84 Å². The lowest BCUT2D eigenvalue weighted by Crippen LogP contribution is -2.22. The van der Waals surface area contributed by atoms with E-state index in [0.29, 0.717) is 5.69 Å². The number of benzene rings is 2. The number of nitro groups is 1. The van der Waals surface area contributed by atoms with Crippen LogP contribution in [0.4, 0.5) is 11.4 Å². The number of anilines is 1. The van der Waals surface area contributed by atoms with E-state index in [1.807, 2.05) is 37.3 Å². The third kappa shape index (κ3) is 4.11. The Balaban J connectivity index is 2.29. The maximum atomic E-state index is 11.8. The summed E-state index contributed by atoms with van der Waals surface area (Å²) in [6.45, 7) is 4.05. The van der Waals surface area contributed by atoms with Gasteiger partial charge in [0.2, 0.25) is 0 Å². The number of nitro benzene ring substituents is 1. The minimum absolute atomic E-state index is 0.0151. The fourth-order valence-electron chi connectivity index (χ4n) is 2.48. The van der Waals surface area contributed by atoms with Gasteiger partial charge >= 0.3 is 0 Å². The fourth-order valence-corrected chi connectivity index (χ4v) is 3.35. The molecule has 7 heteroatoms. The predicted octanol–water partition coefficient (Wildman–Crippen LogP) is 3.60. The summed E-state index contributed by atoms with van der Waals surface area (Å²) in [5.74, 6) is 0.183. The largest absolute Gasteiger partial charge is 0.382 e. The quantitative estimate of drug-likeness (QED) is 0.636. The van der Waals surface area contributed by atoms with Gasteiger partial charge in [0.15, 0.2) is 9.84 Å². The summed E-state index contributed by atoms with van der Waals surface area (Å²) in [5.41, 5.74) is 1.28. The third-order valence-electron chi connectivity index (χ3n) is 4.03. The van der Waals surface area contributed by atoms with Crippen molar-refractivity contribution in [1.29, 1.82) is 0 Å². The first-order chi connectivity index (χ1) is 11.2. The van der Waals surface area contributed by atoms with Crippen molar-refractivity contribution in [2.24, 2.45) is 0 Å². The van der Waals surface area contributed by atoms with Gasteiger partial charge in [-0.3, -0.25) is 10.1 Å². The van der Waals surface area contributed by atoms with E-state index in [1.165, 1.54) is 18.2 Å². The van der Waals surface area contributed by atoms with E-state index >= 15 is 0 Å². The second-order valence-electron chi connectivity index (χ2n) is 5.84. The molecule has 0 aliphatic rings. The van der Waals surface area contributed by atoms with Gasteiger partial charge in [-0.1, -0.05) is 37.3 Å². The topological polar surface area (TPSA) is 89.3 Å². The average Bonchev–Trinajstić information content (AvgIpc) is 2.53. The standard InChI is InChI=1S/C17H20N2O4S/c1-12(14-7-5-4-6-8-14)13(2)18-15-9-10-16(19(20)21)17(11-15)24(3,22)23/h4-13,18H,1-3H3. The summed E-state index contributed by atoms with van der Waals surface area (Å²) < 4.78 is 23.6. The molecule has 2 aromatic carbocycles. The van der Waals surface area contributed by atoms with Gasteiger partial charge in [-0.15, -0.1) is 0 Å². The van der Waals surface area contributed by atoms with Crippen molar-refractivity contribution >= 4 is 21.2 Å². The highest BCUT2D eigenvalue weighted by atomic mass is 32.2. The molecule has 0 radical (unpaired) electrons. The summed E-state index contributed by atoms with van der Waals surface area (Å²) in [4.78, 5) is 10.1. The Bertz CT molecular complexity index is 835. The van der Waals surface area contributed by atoms with E-state index in [-0.39, 0.29) is 16.9 Å². The minimum Gasteiger partial charge on any atom is -0.382 e. The smallest absolute Gasteiger partial charge is 0.288 e. The Hall–Kier alpha value is -2.41. The number of nitrogens with one attached hydrogen (secondary N) is 1. The molecule has 0 aliphatic heterocycles. The Labute approximate surface area is 141 Å². The highest BCUT2D eigenvalue weighted by Gasteiger charge is 2.23. The van der Waals surface area contributed by atoms with Gasteiger partial charge in [0.05, 0.1) is 4.92 Å². The van der Waals surface area contributed by atoms with Crippen LogP contribution in [-0.4, -0.2) is 25.6 Å². The van der Waals surface area contributed by atoms with Crippen LogP contribution in [0.3, 0.4) is 0 Å². The van der Waals surface area contributed by atoms with Crippen LogP contribution in [0, 0.1) is 10.1 Å². The number of sulfone groups is 1. The first-order valence-electron chi connectivity index (χ1n) is 7.50. The van der Waals surface area contributed by atoms with Crippen LogP contribution in [0.15, 0.2) is 53.4 Å². The van der Waals surface area contributed by atoms with Crippen LogP contribution >= 0.6 is 0 Å². The predicted molar refractivity (Wildman–Crippen MR) is 94.1 cm³/mol. The molecule has 128 valence electrons. The van der Waals surface area contributed by atoms with Gasteiger partial charge in [-0.25, -0.2) is 8.42 Å². The van der Waals surface area contributed by atoms with E-state index in [0.717, 1.165) is 11.8 Å². The van der Waals surface area contributed by atoms with Gasteiger partial charge in [0, 0.05) is 30.0 Å². The molecule has 6 nitrogen and oxygen atoms in total. The highest BCUT2D eigenvalue weighted by molar-refractivity contribution is 7.90. The van der Waals surface area contributed by atoms with E-state index in [4.69, 9.17) is 0 Å². The van der Waals surface area contributed by atoms with Crippen LogP contribution < -0.4 is 5.32 Å². The van der Waals surface area contributed by atoms with Crippen molar-refractivity contribution < 1.29 is 13.3 Å². The fraction of sp³-hybridized carbons (Fsp3) is 0.294. The van der Waals surface area contributed by atoms with E-state index in [9.17, 15) is 18.5 Å². The number of rotatable bonds is 6. The van der Waals surface area contributed by atoms with Crippen molar-refractivity contribution in [1.82, 2.24) is 0 Å². The SMILES string of the molecule is CC(Nc1ccc([N+](=O)[O-])c(S(C)(=O)=O)c1)C(C)c1ccccc1. The summed E-state index contributed by atoms with van der Waals surface area (Å²) in [7, 11) is -3.69. The summed E-state index contributed by atoms with van der Waals surface area (Å²) in [5, 5.41) is 14.2.